The van der Waals surface area contributed by atoms with Crippen molar-refractivity contribution >= 4 is 11.8 Å². The summed E-state index contributed by atoms with van der Waals surface area (Å²) in [6.07, 6.45) is 2.56. The Kier molecular flexibility index (Phi) is 8.37. The molecule has 0 saturated carbocycles. The Bertz CT molecular complexity index is 265. The van der Waals surface area contributed by atoms with Gasteiger partial charge in [-0.15, -0.1) is 0 Å². The first-order valence-electron chi connectivity index (χ1n) is 6.64. The fourth-order valence-electron chi connectivity index (χ4n) is 1.66. The van der Waals surface area contributed by atoms with Gasteiger partial charge >= 0.3 is 0 Å². The fraction of sp³-hybridized carbons (Fsp3) is 0.846. The standard InChI is InChI=1S/C13H27N3O2/c1-4-15-12(18)6-10-16-11(17)5-7-13(2,3)8-9-14/h4-10,14H2,1-3H3,(H,15,18)(H,16,17). The van der Waals surface area contributed by atoms with Crippen LogP contribution in [0.4, 0.5) is 0 Å². The van der Waals surface area contributed by atoms with Crippen LogP contribution in [0.25, 0.3) is 0 Å². The third kappa shape index (κ3) is 8.98. The quantitative estimate of drug-likeness (QED) is 0.571. The minimum absolute atomic E-state index is 0.00407. The van der Waals surface area contributed by atoms with Gasteiger partial charge in [0.2, 0.25) is 11.8 Å². The molecule has 0 aromatic carbocycles. The summed E-state index contributed by atoms with van der Waals surface area (Å²) in [5, 5.41) is 5.44. The molecule has 0 spiro atoms. The van der Waals surface area contributed by atoms with Gasteiger partial charge in [0.15, 0.2) is 0 Å². The molecule has 0 aromatic rings. The molecular formula is C13H27N3O2. The summed E-state index contributed by atoms with van der Waals surface area (Å²) in [6, 6.07) is 0. The lowest BCUT2D eigenvalue weighted by atomic mass is 9.84. The molecule has 5 nitrogen and oxygen atoms in total. The Morgan fingerprint density at radius 1 is 1.06 bits per heavy atom. The molecule has 0 unspecified atom stereocenters. The van der Waals surface area contributed by atoms with E-state index in [1.54, 1.807) is 0 Å². The van der Waals surface area contributed by atoms with Crippen molar-refractivity contribution in [2.75, 3.05) is 19.6 Å². The van der Waals surface area contributed by atoms with Gasteiger partial charge < -0.3 is 16.4 Å². The Balaban J connectivity index is 3.69. The molecule has 4 N–H and O–H groups in total. The van der Waals surface area contributed by atoms with Gasteiger partial charge in [0.1, 0.15) is 0 Å². The highest BCUT2D eigenvalue weighted by Crippen LogP contribution is 2.25. The van der Waals surface area contributed by atoms with Crippen LogP contribution in [0.15, 0.2) is 0 Å². The minimum Gasteiger partial charge on any atom is -0.356 e. The van der Waals surface area contributed by atoms with Crippen molar-refractivity contribution in [3.8, 4) is 0 Å². The second kappa shape index (κ2) is 8.91. The molecule has 0 aliphatic carbocycles. The number of nitrogens with one attached hydrogen (secondary N) is 2. The molecule has 2 amide bonds. The Labute approximate surface area is 110 Å². The van der Waals surface area contributed by atoms with E-state index in [2.05, 4.69) is 24.5 Å². The normalized spacial score (nSPS) is 11.1. The van der Waals surface area contributed by atoms with Gasteiger partial charge in [-0.1, -0.05) is 13.8 Å². The maximum atomic E-state index is 11.6. The number of amides is 2. The van der Waals surface area contributed by atoms with Crippen molar-refractivity contribution < 1.29 is 9.59 Å². The van der Waals surface area contributed by atoms with Crippen LogP contribution < -0.4 is 16.4 Å². The average molecular weight is 257 g/mol. The lowest BCUT2D eigenvalue weighted by Gasteiger charge is -2.23. The molecular weight excluding hydrogens is 230 g/mol. The van der Waals surface area contributed by atoms with E-state index in [1.807, 2.05) is 6.92 Å². The zero-order valence-electron chi connectivity index (χ0n) is 11.8. The van der Waals surface area contributed by atoms with Crippen LogP contribution in [0.5, 0.6) is 0 Å². The average Bonchev–Trinajstić information content (AvgIpc) is 2.27. The predicted octanol–water partition coefficient (Wildman–Crippen LogP) is 0.784. The lowest BCUT2D eigenvalue weighted by Crippen LogP contribution is -2.31. The topological polar surface area (TPSA) is 84.2 Å². The van der Waals surface area contributed by atoms with Crippen LogP contribution in [-0.2, 0) is 9.59 Å². The fourth-order valence-corrected chi connectivity index (χ4v) is 1.66. The van der Waals surface area contributed by atoms with Crippen LogP contribution in [0.2, 0.25) is 0 Å². The smallest absolute Gasteiger partial charge is 0.221 e. The number of nitrogens with two attached hydrogens (primary N) is 1. The van der Waals surface area contributed by atoms with Crippen molar-refractivity contribution in [2.45, 2.75) is 46.5 Å². The molecule has 0 rings (SSSR count). The number of hydrogen-bond acceptors (Lipinski definition) is 3. The molecule has 5 heteroatoms. The van der Waals surface area contributed by atoms with Crippen molar-refractivity contribution in [3.63, 3.8) is 0 Å². The maximum Gasteiger partial charge on any atom is 0.221 e. The van der Waals surface area contributed by atoms with E-state index in [4.69, 9.17) is 5.73 Å². The summed E-state index contributed by atoms with van der Waals surface area (Å²) < 4.78 is 0. The highest BCUT2D eigenvalue weighted by atomic mass is 16.2. The summed E-state index contributed by atoms with van der Waals surface area (Å²) >= 11 is 0. The van der Waals surface area contributed by atoms with Crippen molar-refractivity contribution in [3.05, 3.63) is 0 Å². The van der Waals surface area contributed by atoms with Gasteiger partial charge in [0.25, 0.3) is 0 Å². The summed E-state index contributed by atoms with van der Waals surface area (Å²) in [6.45, 7) is 7.77. The highest BCUT2D eigenvalue weighted by Gasteiger charge is 2.18. The highest BCUT2D eigenvalue weighted by molar-refractivity contribution is 5.78. The SMILES string of the molecule is CCNC(=O)CCNC(=O)CCC(C)(C)CCN. The summed E-state index contributed by atoms with van der Waals surface area (Å²) in [5.41, 5.74) is 5.62. The van der Waals surface area contributed by atoms with Gasteiger partial charge in [-0.2, -0.15) is 0 Å². The Hall–Kier alpha value is -1.10. The molecule has 18 heavy (non-hydrogen) atoms. The number of hydrogen-bond donors (Lipinski definition) is 3. The molecule has 0 bridgehead atoms. The number of rotatable bonds is 9. The number of carbonyl (C=O) groups excluding carboxylic acids is 2. The molecule has 0 heterocycles. The van der Waals surface area contributed by atoms with Crippen LogP contribution >= 0.6 is 0 Å². The van der Waals surface area contributed by atoms with Gasteiger partial charge in [-0.3, -0.25) is 9.59 Å². The molecule has 0 atom stereocenters. The third-order valence-electron chi connectivity index (χ3n) is 2.90. The molecule has 0 aliphatic heterocycles. The third-order valence-corrected chi connectivity index (χ3v) is 2.90. The van der Waals surface area contributed by atoms with Crippen molar-refractivity contribution in [1.29, 1.82) is 0 Å². The van der Waals surface area contributed by atoms with Gasteiger partial charge in [0, 0.05) is 25.9 Å². The first-order chi connectivity index (χ1) is 8.41. The second-order valence-corrected chi connectivity index (χ2v) is 5.26. The largest absolute Gasteiger partial charge is 0.356 e. The first kappa shape index (κ1) is 16.9. The molecule has 0 saturated heterocycles. The summed E-state index contributed by atoms with van der Waals surface area (Å²) in [7, 11) is 0. The van der Waals surface area contributed by atoms with Crippen LogP contribution in [0, 0.1) is 5.41 Å². The van der Waals surface area contributed by atoms with E-state index in [1.165, 1.54) is 0 Å². The Morgan fingerprint density at radius 3 is 2.22 bits per heavy atom. The van der Waals surface area contributed by atoms with E-state index < -0.39 is 0 Å². The minimum atomic E-state index is -0.0266. The lowest BCUT2D eigenvalue weighted by molar-refractivity contribution is -0.122. The number of carbonyl (C=O) groups is 2. The molecule has 106 valence electrons. The van der Waals surface area contributed by atoms with Crippen molar-refractivity contribution in [2.24, 2.45) is 11.1 Å². The first-order valence-corrected chi connectivity index (χ1v) is 6.64. The van der Waals surface area contributed by atoms with E-state index in [-0.39, 0.29) is 17.2 Å². The summed E-state index contributed by atoms with van der Waals surface area (Å²) in [5.74, 6) is -0.0225. The van der Waals surface area contributed by atoms with Crippen LogP contribution in [0.1, 0.15) is 46.5 Å². The molecule has 0 fully saturated rings. The zero-order valence-corrected chi connectivity index (χ0v) is 11.8. The van der Waals surface area contributed by atoms with E-state index in [9.17, 15) is 9.59 Å². The molecule has 0 aliphatic rings. The zero-order chi connectivity index (χ0) is 14.0. The van der Waals surface area contributed by atoms with E-state index >= 15 is 0 Å². The predicted molar refractivity (Wildman–Crippen MR) is 73.0 cm³/mol. The van der Waals surface area contributed by atoms with E-state index in [0.29, 0.717) is 32.5 Å². The maximum absolute atomic E-state index is 11.6. The van der Waals surface area contributed by atoms with E-state index in [0.717, 1.165) is 12.8 Å². The molecule has 0 aromatic heterocycles. The van der Waals surface area contributed by atoms with Gasteiger partial charge in [0.05, 0.1) is 0 Å². The second-order valence-electron chi connectivity index (χ2n) is 5.26. The van der Waals surface area contributed by atoms with Crippen LogP contribution in [-0.4, -0.2) is 31.4 Å². The van der Waals surface area contributed by atoms with Gasteiger partial charge in [-0.05, 0) is 31.7 Å². The van der Waals surface area contributed by atoms with Crippen LogP contribution in [0.3, 0.4) is 0 Å². The molecule has 0 radical (unpaired) electrons. The van der Waals surface area contributed by atoms with Crippen molar-refractivity contribution in [1.82, 2.24) is 10.6 Å². The monoisotopic (exact) mass is 257 g/mol. The Morgan fingerprint density at radius 2 is 1.67 bits per heavy atom. The van der Waals surface area contributed by atoms with Gasteiger partial charge in [-0.25, -0.2) is 0 Å². The summed E-state index contributed by atoms with van der Waals surface area (Å²) in [4.78, 5) is 22.7.